The van der Waals surface area contributed by atoms with Crippen LogP contribution in [0.25, 0.3) is 11.0 Å². The number of Topliss-reactive ketones (excluding diaryl/α,β-unsaturated/α-hetero) is 1. The number of nitrogens with one attached hydrogen (secondary N) is 1. The molecule has 0 amide bonds. The molecular weight excluding hydrogens is 402 g/mol. The minimum atomic E-state index is -0.555. The second-order valence-corrected chi connectivity index (χ2v) is 7.40. The predicted molar refractivity (Wildman–Crippen MR) is 113 cm³/mol. The second-order valence-electron chi connectivity index (χ2n) is 7.40. The number of benzene rings is 1. The van der Waals surface area contributed by atoms with Gasteiger partial charge in [0, 0.05) is 25.3 Å². The van der Waals surface area contributed by atoms with Crippen LogP contribution in [0.3, 0.4) is 0 Å². The Morgan fingerprint density at radius 3 is 2.58 bits per heavy atom. The summed E-state index contributed by atoms with van der Waals surface area (Å²) in [7, 11) is 4.65. The zero-order valence-corrected chi connectivity index (χ0v) is 17.6. The molecule has 9 nitrogen and oxygen atoms in total. The van der Waals surface area contributed by atoms with Gasteiger partial charge in [0.2, 0.25) is 0 Å². The molecule has 0 saturated heterocycles. The van der Waals surface area contributed by atoms with Crippen LogP contribution in [0.4, 0.5) is 0 Å². The van der Waals surface area contributed by atoms with Gasteiger partial charge in [0.1, 0.15) is 5.65 Å². The number of methoxy groups -OCH3 is 3. The largest absolute Gasteiger partial charge is 0.493 e. The molecule has 0 spiro atoms. The van der Waals surface area contributed by atoms with E-state index in [4.69, 9.17) is 14.2 Å². The van der Waals surface area contributed by atoms with E-state index in [1.807, 2.05) is 12.1 Å². The Hall–Kier alpha value is -3.46. The van der Waals surface area contributed by atoms with Crippen LogP contribution in [0.1, 0.15) is 33.8 Å². The SMILES string of the molecule is COCCn1c(=O)[nH]c(=O)c2c3c(cnc21)C(=O)C[C@H](c1ccc(OC)c(OC)c1)C3. The maximum atomic E-state index is 12.9. The molecule has 0 radical (unpaired) electrons. The highest BCUT2D eigenvalue weighted by Crippen LogP contribution is 2.38. The molecule has 3 aromatic rings. The summed E-state index contributed by atoms with van der Waals surface area (Å²) in [5.41, 5.74) is 1.09. The van der Waals surface area contributed by atoms with Crippen LogP contribution >= 0.6 is 0 Å². The van der Waals surface area contributed by atoms with Crippen LogP contribution in [-0.4, -0.2) is 48.3 Å². The molecule has 0 bridgehead atoms. The number of rotatable bonds is 6. The summed E-state index contributed by atoms with van der Waals surface area (Å²) in [6.45, 7) is 0.522. The number of nitrogens with zero attached hydrogens (tertiary/aromatic N) is 2. The van der Waals surface area contributed by atoms with Crippen molar-refractivity contribution in [1.29, 1.82) is 0 Å². The molecular formula is C22H23N3O6. The number of aromatic nitrogens is 3. The molecule has 2 aromatic heterocycles. The molecule has 0 fully saturated rings. The molecule has 1 atom stereocenters. The van der Waals surface area contributed by atoms with E-state index < -0.39 is 11.2 Å². The van der Waals surface area contributed by atoms with E-state index in [0.717, 1.165) is 5.56 Å². The van der Waals surface area contributed by atoms with Crippen LogP contribution in [0.5, 0.6) is 11.5 Å². The highest BCUT2D eigenvalue weighted by Gasteiger charge is 2.30. The van der Waals surface area contributed by atoms with Gasteiger partial charge in [0.25, 0.3) is 5.56 Å². The normalized spacial score (nSPS) is 15.7. The third-order valence-electron chi connectivity index (χ3n) is 5.70. The molecule has 1 aliphatic carbocycles. The average Bonchev–Trinajstić information content (AvgIpc) is 2.77. The highest BCUT2D eigenvalue weighted by molar-refractivity contribution is 6.02. The van der Waals surface area contributed by atoms with Crippen molar-refractivity contribution in [3.05, 3.63) is 61.9 Å². The minimum absolute atomic E-state index is 0.0931. The minimum Gasteiger partial charge on any atom is -0.493 e. The Morgan fingerprint density at radius 2 is 1.87 bits per heavy atom. The number of carbonyl (C=O) groups excluding carboxylic acids is 1. The van der Waals surface area contributed by atoms with Gasteiger partial charge < -0.3 is 14.2 Å². The average molecular weight is 425 g/mol. The van der Waals surface area contributed by atoms with E-state index in [1.165, 1.54) is 17.9 Å². The van der Waals surface area contributed by atoms with Gasteiger partial charge in [0.05, 0.1) is 32.8 Å². The quantitative estimate of drug-likeness (QED) is 0.639. The Labute approximate surface area is 177 Å². The fourth-order valence-corrected chi connectivity index (χ4v) is 4.14. The lowest BCUT2D eigenvalue weighted by atomic mass is 9.79. The lowest BCUT2D eigenvalue weighted by molar-refractivity contribution is 0.0964. The summed E-state index contributed by atoms with van der Waals surface area (Å²) >= 11 is 0. The molecule has 31 heavy (non-hydrogen) atoms. The van der Waals surface area contributed by atoms with Gasteiger partial charge in [-0.2, -0.15) is 0 Å². The summed E-state index contributed by atoms with van der Waals surface area (Å²) < 4.78 is 17.1. The first-order valence-electron chi connectivity index (χ1n) is 9.87. The van der Waals surface area contributed by atoms with E-state index in [-0.39, 0.29) is 42.3 Å². The third-order valence-corrected chi connectivity index (χ3v) is 5.70. The Kier molecular flexibility index (Phi) is 5.60. The van der Waals surface area contributed by atoms with Crippen molar-refractivity contribution in [2.45, 2.75) is 25.3 Å². The van der Waals surface area contributed by atoms with Crippen molar-refractivity contribution in [3.8, 4) is 11.5 Å². The van der Waals surface area contributed by atoms with Gasteiger partial charge in [-0.15, -0.1) is 0 Å². The Bertz CT molecular complexity index is 1280. The first-order chi connectivity index (χ1) is 15.0. The maximum absolute atomic E-state index is 12.9. The Morgan fingerprint density at radius 1 is 1.10 bits per heavy atom. The van der Waals surface area contributed by atoms with E-state index >= 15 is 0 Å². The number of pyridine rings is 1. The van der Waals surface area contributed by atoms with E-state index in [9.17, 15) is 14.4 Å². The first-order valence-corrected chi connectivity index (χ1v) is 9.87. The van der Waals surface area contributed by atoms with Crippen molar-refractivity contribution in [1.82, 2.24) is 14.5 Å². The lowest BCUT2D eigenvalue weighted by Crippen LogP contribution is -2.33. The number of ketones is 1. The smallest absolute Gasteiger partial charge is 0.330 e. The van der Waals surface area contributed by atoms with Gasteiger partial charge in [-0.05, 0) is 35.6 Å². The third kappa shape index (κ3) is 3.61. The zero-order valence-electron chi connectivity index (χ0n) is 17.6. The van der Waals surface area contributed by atoms with Crippen LogP contribution in [-0.2, 0) is 17.7 Å². The molecule has 1 aromatic carbocycles. The molecule has 0 unspecified atom stereocenters. The lowest BCUT2D eigenvalue weighted by Gasteiger charge is -2.25. The Balaban J connectivity index is 1.86. The van der Waals surface area contributed by atoms with Crippen molar-refractivity contribution < 1.29 is 19.0 Å². The second kappa shape index (κ2) is 8.35. The van der Waals surface area contributed by atoms with Gasteiger partial charge in [-0.1, -0.05) is 6.07 Å². The summed E-state index contributed by atoms with van der Waals surface area (Å²) in [6, 6.07) is 5.55. The van der Waals surface area contributed by atoms with Crippen molar-refractivity contribution in [2.75, 3.05) is 27.9 Å². The fraction of sp³-hybridized carbons (Fsp3) is 0.364. The molecule has 1 aliphatic rings. The topological polar surface area (TPSA) is 113 Å². The number of ether oxygens (including phenoxy) is 3. The predicted octanol–water partition coefficient (Wildman–Crippen LogP) is 1.66. The highest BCUT2D eigenvalue weighted by atomic mass is 16.5. The number of hydrogen-bond donors (Lipinski definition) is 1. The number of fused-ring (bicyclic) bond motifs is 3. The van der Waals surface area contributed by atoms with Crippen LogP contribution < -0.4 is 20.7 Å². The van der Waals surface area contributed by atoms with E-state index in [1.54, 1.807) is 20.3 Å². The van der Waals surface area contributed by atoms with Gasteiger partial charge in [0.15, 0.2) is 17.3 Å². The first kappa shape index (κ1) is 20.8. The number of H-pyrrole nitrogens is 1. The van der Waals surface area contributed by atoms with Gasteiger partial charge in [-0.3, -0.25) is 19.1 Å². The standard InChI is InChI=1S/C22H23N3O6/c1-29-7-6-25-20-19(21(27)24-22(25)28)14-8-13(9-16(26)15(14)11-23-20)12-4-5-17(30-2)18(10-12)31-3/h4-5,10-11,13H,6-9H2,1-3H3,(H,24,27,28)/t13-/m1/s1. The van der Waals surface area contributed by atoms with Crippen LogP contribution in [0.2, 0.25) is 0 Å². The zero-order chi connectivity index (χ0) is 22.1. The van der Waals surface area contributed by atoms with E-state index in [0.29, 0.717) is 29.0 Å². The van der Waals surface area contributed by atoms with Gasteiger partial charge >= 0.3 is 5.69 Å². The maximum Gasteiger partial charge on any atom is 0.330 e. The number of aromatic amines is 1. The molecule has 1 N–H and O–H groups in total. The van der Waals surface area contributed by atoms with Crippen LogP contribution in [0.15, 0.2) is 34.0 Å². The summed E-state index contributed by atoms with van der Waals surface area (Å²) in [5.74, 6) is 0.930. The number of carbonyl (C=O) groups is 1. The van der Waals surface area contributed by atoms with Crippen molar-refractivity contribution in [3.63, 3.8) is 0 Å². The van der Waals surface area contributed by atoms with Crippen molar-refractivity contribution >= 4 is 16.8 Å². The molecule has 162 valence electrons. The summed E-state index contributed by atoms with van der Waals surface area (Å²) in [4.78, 5) is 44.6. The molecule has 9 heteroatoms. The molecule has 2 heterocycles. The molecule has 0 aliphatic heterocycles. The number of hydrogen-bond acceptors (Lipinski definition) is 7. The van der Waals surface area contributed by atoms with Crippen molar-refractivity contribution in [2.24, 2.45) is 0 Å². The van der Waals surface area contributed by atoms with E-state index in [2.05, 4.69) is 9.97 Å². The molecule has 0 saturated carbocycles. The van der Waals surface area contributed by atoms with Crippen LogP contribution in [0, 0.1) is 0 Å². The van der Waals surface area contributed by atoms with Gasteiger partial charge in [-0.25, -0.2) is 9.78 Å². The fourth-order valence-electron chi connectivity index (χ4n) is 4.14. The molecule has 4 rings (SSSR count). The summed E-state index contributed by atoms with van der Waals surface area (Å²) in [5, 5.41) is 0.270. The summed E-state index contributed by atoms with van der Waals surface area (Å²) in [6.07, 6.45) is 2.21. The monoisotopic (exact) mass is 425 g/mol.